The Kier molecular flexibility index (Phi) is 11.2. The molecule has 1 amide bonds. The second-order valence-corrected chi connectivity index (χ2v) is 12.1. The number of rotatable bonds is 12. The van der Waals surface area contributed by atoms with Gasteiger partial charge in [-0.3, -0.25) is 4.79 Å². The van der Waals surface area contributed by atoms with Crippen molar-refractivity contribution < 1.29 is 17.4 Å². The van der Waals surface area contributed by atoms with Crippen LogP contribution in [0.2, 0.25) is 0 Å². The number of thiazole rings is 1. The van der Waals surface area contributed by atoms with Crippen molar-refractivity contribution in [1.29, 1.82) is 0 Å². The number of fused-ring (bicyclic) bond motifs is 1. The quantitative estimate of drug-likeness (QED) is 0.181. The van der Waals surface area contributed by atoms with Crippen LogP contribution in [0.15, 0.2) is 47.4 Å². The second kappa shape index (κ2) is 14.1. The van der Waals surface area contributed by atoms with Gasteiger partial charge in [-0.2, -0.15) is 8.42 Å². The molecule has 0 saturated carbocycles. The third-order valence-electron chi connectivity index (χ3n) is 6.20. The Hall–Kier alpha value is -2.44. The molecule has 1 aliphatic heterocycles. The van der Waals surface area contributed by atoms with Crippen molar-refractivity contribution in [3.05, 3.63) is 42.5 Å². The molecule has 0 spiro atoms. The SMILES string of the molecule is CC(C)NCCNc1ccc(S(=O)(=O)Oc2ccc3nc(NC(=O)CCC4CCNCC4)sc3c2)cc1.Cl. The van der Waals surface area contributed by atoms with Crippen molar-refractivity contribution in [2.45, 2.75) is 50.5 Å². The number of hydrogen-bond donors (Lipinski definition) is 4. The number of halogens is 1. The van der Waals surface area contributed by atoms with E-state index in [-0.39, 0.29) is 29.0 Å². The Morgan fingerprint density at radius 2 is 1.87 bits per heavy atom. The fourth-order valence-corrected chi connectivity index (χ4v) is 6.01. The van der Waals surface area contributed by atoms with Gasteiger partial charge in [-0.1, -0.05) is 25.2 Å². The molecule has 4 N–H and O–H groups in total. The molecule has 3 aromatic rings. The Morgan fingerprint density at radius 3 is 2.58 bits per heavy atom. The first-order valence-corrected chi connectivity index (χ1v) is 14.9. The van der Waals surface area contributed by atoms with E-state index in [2.05, 4.69) is 40.1 Å². The number of nitrogens with zero attached hydrogens (tertiary/aromatic N) is 1. The molecule has 0 unspecified atom stereocenters. The molecule has 9 nitrogen and oxygen atoms in total. The van der Waals surface area contributed by atoms with E-state index in [1.807, 2.05) is 0 Å². The molecule has 2 heterocycles. The van der Waals surface area contributed by atoms with Gasteiger partial charge in [0.25, 0.3) is 0 Å². The summed E-state index contributed by atoms with van der Waals surface area (Å²) in [5.41, 5.74) is 1.51. The van der Waals surface area contributed by atoms with Gasteiger partial charge in [-0.15, -0.1) is 12.4 Å². The summed E-state index contributed by atoms with van der Waals surface area (Å²) in [5, 5.41) is 13.3. The maximum atomic E-state index is 12.8. The first kappa shape index (κ1) is 30.1. The van der Waals surface area contributed by atoms with Crippen LogP contribution in [0.4, 0.5) is 10.8 Å². The average Bonchev–Trinajstić information content (AvgIpc) is 3.27. The molecule has 1 saturated heterocycles. The number of aromatic nitrogens is 1. The highest BCUT2D eigenvalue weighted by Crippen LogP contribution is 2.31. The molecule has 4 rings (SSSR count). The van der Waals surface area contributed by atoms with Crippen LogP contribution in [0.25, 0.3) is 10.2 Å². The van der Waals surface area contributed by atoms with Crippen LogP contribution in [-0.2, 0) is 14.9 Å². The monoisotopic (exact) mass is 581 g/mol. The summed E-state index contributed by atoms with van der Waals surface area (Å²) >= 11 is 1.29. The number of hydrogen-bond acceptors (Lipinski definition) is 9. The minimum Gasteiger partial charge on any atom is -0.384 e. The van der Waals surface area contributed by atoms with Gasteiger partial charge in [0, 0.05) is 37.3 Å². The molecule has 0 aliphatic carbocycles. The van der Waals surface area contributed by atoms with E-state index < -0.39 is 10.1 Å². The van der Waals surface area contributed by atoms with Crippen LogP contribution in [0.3, 0.4) is 0 Å². The van der Waals surface area contributed by atoms with E-state index in [1.54, 1.807) is 30.3 Å². The molecule has 0 bridgehead atoms. The van der Waals surface area contributed by atoms with Gasteiger partial charge in [0.15, 0.2) is 5.13 Å². The molecule has 1 aliphatic rings. The van der Waals surface area contributed by atoms with Crippen LogP contribution >= 0.6 is 23.7 Å². The fraction of sp³-hybridized carbons (Fsp3) is 0.462. The lowest BCUT2D eigenvalue weighted by atomic mass is 9.93. The molecular weight excluding hydrogens is 546 g/mol. The summed E-state index contributed by atoms with van der Waals surface area (Å²) in [6, 6.07) is 11.8. The van der Waals surface area contributed by atoms with Crippen molar-refractivity contribution in [1.82, 2.24) is 15.6 Å². The predicted molar refractivity (Wildman–Crippen MR) is 156 cm³/mol. The molecule has 1 aromatic heterocycles. The topological polar surface area (TPSA) is 121 Å². The predicted octanol–water partition coefficient (Wildman–Crippen LogP) is 4.61. The lowest BCUT2D eigenvalue weighted by molar-refractivity contribution is -0.116. The zero-order valence-electron chi connectivity index (χ0n) is 21.7. The lowest BCUT2D eigenvalue weighted by Crippen LogP contribution is -2.28. The van der Waals surface area contributed by atoms with Crippen LogP contribution in [-0.4, -0.2) is 51.5 Å². The van der Waals surface area contributed by atoms with Crippen molar-refractivity contribution in [3.8, 4) is 5.75 Å². The zero-order valence-corrected chi connectivity index (χ0v) is 24.1. The number of benzene rings is 2. The maximum absolute atomic E-state index is 12.8. The fourth-order valence-electron chi connectivity index (χ4n) is 4.18. The molecule has 0 radical (unpaired) electrons. The maximum Gasteiger partial charge on any atom is 0.339 e. The molecule has 208 valence electrons. The van der Waals surface area contributed by atoms with Crippen molar-refractivity contribution in [2.24, 2.45) is 5.92 Å². The molecule has 2 aromatic carbocycles. The first-order chi connectivity index (χ1) is 17.8. The number of amides is 1. The van der Waals surface area contributed by atoms with Crippen LogP contribution in [0.1, 0.15) is 39.5 Å². The minimum absolute atomic E-state index is 0. The van der Waals surface area contributed by atoms with E-state index >= 15 is 0 Å². The van der Waals surface area contributed by atoms with Crippen molar-refractivity contribution in [2.75, 3.05) is 36.8 Å². The van der Waals surface area contributed by atoms with E-state index in [4.69, 9.17) is 4.18 Å². The summed E-state index contributed by atoms with van der Waals surface area (Å²) in [7, 11) is -4.00. The first-order valence-electron chi connectivity index (χ1n) is 12.7. The molecule has 12 heteroatoms. The van der Waals surface area contributed by atoms with E-state index in [0.717, 1.165) is 55.8 Å². The Labute approximate surface area is 234 Å². The average molecular weight is 582 g/mol. The number of carbonyl (C=O) groups excluding carboxylic acids is 1. The summed E-state index contributed by atoms with van der Waals surface area (Å²) in [5.74, 6) is 0.733. The van der Waals surface area contributed by atoms with Crippen LogP contribution < -0.4 is 25.5 Å². The van der Waals surface area contributed by atoms with Gasteiger partial charge in [0.2, 0.25) is 5.91 Å². The Balaban J connectivity index is 0.00000400. The van der Waals surface area contributed by atoms with Crippen molar-refractivity contribution >= 4 is 60.8 Å². The van der Waals surface area contributed by atoms with Gasteiger partial charge < -0.3 is 25.5 Å². The third-order valence-corrected chi connectivity index (χ3v) is 8.40. The Bertz CT molecular complexity index is 1290. The number of nitrogens with one attached hydrogen (secondary N) is 4. The molecular formula is C26H36ClN5O4S2. The largest absolute Gasteiger partial charge is 0.384 e. The van der Waals surface area contributed by atoms with Crippen LogP contribution in [0.5, 0.6) is 5.75 Å². The smallest absolute Gasteiger partial charge is 0.339 e. The summed E-state index contributed by atoms with van der Waals surface area (Å²) in [4.78, 5) is 16.9. The molecule has 1 fully saturated rings. The Morgan fingerprint density at radius 1 is 1.13 bits per heavy atom. The van der Waals surface area contributed by atoms with Crippen molar-refractivity contribution in [3.63, 3.8) is 0 Å². The summed E-state index contributed by atoms with van der Waals surface area (Å²) in [6.07, 6.45) is 3.56. The van der Waals surface area contributed by atoms with E-state index in [0.29, 0.717) is 29.0 Å². The van der Waals surface area contributed by atoms with Gasteiger partial charge in [-0.25, -0.2) is 4.98 Å². The highest BCUT2D eigenvalue weighted by Gasteiger charge is 2.18. The lowest BCUT2D eigenvalue weighted by Gasteiger charge is -2.21. The van der Waals surface area contributed by atoms with E-state index in [9.17, 15) is 13.2 Å². The number of anilines is 2. The summed E-state index contributed by atoms with van der Waals surface area (Å²) < 4.78 is 31.7. The van der Waals surface area contributed by atoms with Gasteiger partial charge in [0.1, 0.15) is 10.6 Å². The highest BCUT2D eigenvalue weighted by molar-refractivity contribution is 7.87. The molecule has 0 atom stereocenters. The van der Waals surface area contributed by atoms with E-state index in [1.165, 1.54) is 23.5 Å². The van der Waals surface area contributed by atoms with Gasteiger partial charge in [0.05, 0.1) is 10.2 Å². The van der Waals surface area contributed by atoms with Gasteiger partial charge >= 0.3 is 10.1 Å². The second-order valence-electron chi connectivity index (χ2n) is 9.53. The zero-order chi connectivity index (χ0) is 26.3. The van der Waals surface area contributed by atoms with Crippen LogP contribution in [0, 0.1) is 5.92 Å². The normalized spacial score (nSPS) is 14.3. The van der Waals surface area contributed by atoms with Gasteiger partial charge in [-0.05, 0) is 74.7 Å². The highest BCUT2D eigenvalue weighted by atomic mass is 35.5. The third kappa shape index (κ3) is 8.81. The number of carbonyl (C=O) groups is 1. The number of piperidine rings is 1. The molecule has 38 heavy (non-hydrogen) atoms. The standard InChI is InChI=1S/C26H35N5O4S2.ClH/c1-18(2)28-15-16-29-20-4-7-22(8-5-20)37(33,34)35-21-6-9-23-24(17-21)36-26(30-23)31-25(32)10-3-19-11-13-27-14-12-19;/h4-9,17-19,27-29H,3,10-16H2,1-2H3,(H,30,31,32);1H. The summed E-state index contributed by atoms with van der Waals surface area (Å²) in [6.45, 7) is 7.75. The minimum atomic E-state index is -4.00.